The molecular weight excluding hydrogens is 254 g/mol. The molecule has 1 aromatic heterocycles. The maximum atomic E-state index is 12.4. The van der Waals surface area contributed by atoms with Gasteiger partial charge in [0.1, 0.15) is 0 Å². The number of nitrogens with two attached hydrogens (primary N) is 1. The van der Waals surface area contributed by atoms with Gasteiger partial charge in [-0.05, 0) is 25.7 Å². The molecule has 2 heterocycles. The number of hydrogen-bond acceptors (Lipinski definition) is 4. The molecule has 1 aromatic rings. The molecule has 1 aliphatic heterocycles. The summed E-state index contributed by atoms with van der Waals surface area (Å²) in [6.45, 7) is 3.48. The lowest BCUT2D eigenvalue weighted by atomic mass is 9.79. The Morgan fingerprint density at radius 1 is 1.45 bits per heavy atom. The van der Waals surface area contributed by atoms with Crippen molar-refractivity contribution in [3.8, 4) is 0 Å². The molecule has 0 unspecified atom stereocenters. The summed E-state index contributed by atoms with van der Waals surface area (Å²) in [5.74, 6) is 0.790. The van der Waals surface area contributed by atoms with Crippen molar-refractivity contribution >= 4 is 11.7 Å². The number of piperidine rings is 1. The molecule has 0 aromatic carbocycles. The zero-order valence-corrected chi connectivity index (χ0v) is 11.8. The first-order valence-corrected chi connectivity index (χ1v) is 7.18. The second-order valence-corrected chi connectivity index (χ2v) is 6.16. The Kier molecular flexibility index (Phi) is 3.03. The van der Waals surface area contributed by atoms with Crippen LogP contribution in [0.15, 0.2) is 17.2 Å². The monoisotopic (exact) mass is 275 g/mol. The molecule has 0 atom stereocenters. The summed E-state index contributed by atoms with van der Waals surface area (Å²) >= 11 is 0. The summed E-state index contributed by atoms with van der Waals surface area (Å²) in [6, 6.07) is 0.372. The number of amidine groups is 1. The maximum absolute atomic E-state index is 12.4. The van der Waals surface area contributed by atoms with Gasteiger partial charge in [-0.15, -0.1) is 0 Å². The number of nitrogens with zero attached hydrogens (tertiary/aromatic N) is 3. The topological polar surface area (TPSA) is 88.0 Å². The predicted octanol–water partition coefficient (Wildman–Crippen LogP) is 1.12. The van der Waals surface area contributed by atoms with Crippen molar-refractivity contribution in [2.24, 2.45) is 11.1 Å². The zero-order chi connectivity index (χ0) is 14.3. The van der Waals surface area contributed by atoms with E-state index >= 15 is 0 Å². The average Bonchev–Trinajstić information content (AvgIpc) is 3.24. The minimum atomic E-state index is -0.235. The van der Waals surface area contributed by atoms with Gasteiger partial charge in [-0.2, -0.15) is 0 Å². The number of aromatic nitrogens is 2. The first-order valence-electron chi connectivity index (χ1n) is 7.18. The molecule has 0 spiro atoms. The first kappa shape index (κ1) is 13.1. The Morgan fingerprint density at radius 3 is 2.65 bits per heavy atom. The van der Waals surface area contributed by atoms with Gasteiger partial charge in [-0.25, -0.2) is 4.98 Å². The van der Waals surface area contributed by atoms with Gasteiger partial charge in [0.05, 0.1) is 5.84 Å². The lowest BCUT2D eigenvalue weighted by molar-refractivity contribution is 0.349. The van der Waals surface area contributed by atoms with Crippen molar-refractivity contribution in [3.05, 3.63) is 22.7 Å². The minimum Gasteiger partial charge on any atom is -0.387 e. The molecule has 1 aliphatic carbocycles. The standard InChI is InChI=1S/C14H21N5O/c1-14(13(15)16)4-7-18(8-5-14)11-12(20)19(9-6-17-11)10-2-3-10/h6,9-10H,2-5,7-8H2,1H3,(H3,15,16). The normalized spacial score (nSPS) is 21.8. The Labute approximate surface area is 118 Å². The third kappa shape index (κ3) is 2.19. The van der Waals surface area contributed by atoms with E-state index in [4.69, 9.17) is 11.1 Å². The van der Waals surface area contributed by atoms with Gasteiger partial charge in [0.2, 0.25) is 0 Å². The molecule has 6 heteroatoms. The van der Waals surface area contributed by atoms with Crippen LogP contribution in [-0.4, -0.2) is 28.5 Å². The fourth-order valence-corrected chi connectivity index (χ4v) is 2.75. The smallest absolute Gasteiger partial charge is 0.293 e. The fourth-order valence-electron chi connectivity index (χ4n) is 2.75. The van der Waals surface area contributed by atoms with Gasteiger partial charge in [-0.3, -0.25) is 10.2 Å². The predicted molar refractivity (Wildman–Crippen MR) is 78.2 cm³/mol. The van der Waals surface area contributed by atoms with E-state index in [9.17, 15) is 4.79 Å². The van der Waals surface area contributed by atoms with Crippen LogP contribution >= 0.6 is 0 Å². The third-order valence-electron chi connectivity index (χ3n) is 4.61. The highest BCUT2D eigenvalue weighted by atomic mass is 16.1. The largest absolute Gasteiger partial charge is 0.387 e. The van der Waals surface area contributed by atoms with Crippen LogP contribution < -0.4 is 16.2 Å². The fraction of sp³-hybridized carbons (Fsp3) is 0.643. The summed E-state index contributed by atoms with van der Waals surface area (Å²) in [7, 11) is 0. The average molecular weight is 275 g/mol. The van der Waals surface area contributed by atoms with Crippen LogP contribution in [0.1, 0.15) is 38.6 Å². The number of nitrogens with one attached hydrogen (secondary N) is 1. The molecule has 108 valence electrons. The van der Waals surface area contributed by atoms with Crippen molar-refractivity contribution in [2.75, 3.05) is 18.0 Å². The molecule has 3 N–H and O–H groups in total. The summed E-state index contributed by atoms with van der Waals surface area (Å²) in [5, 5.41) is 7.67. The van der Waals surface area contributed by atoms with Gasteiger partial charge in [0.25, 0.3) is 5.56 Å². The van der Waals surface area contributed by atoms with Crippen LogP contribution in [-0.2, 0) is 0 Å². The van der Waals surface area contributed by atoms with E-state index < -0.39 is 0 Å². The quantitative estimate of drug-likeness (QED) is 0.639. The number of rotatable bonds is 3. The summed E-state index contributed by atoms with van der Waals surface area (Å²) < 4.78 is 1.81. The van der Waals surface area contributed by atoms with E-state index in [0.717, 1.165) is 38.8 Å². The van der Waals surface area contributed by atoms with Crippen molar-refractivity contribution in [1.29, 1.82) is 5.41 Å². The molecular formula is C14H21N5O. The van der Waals surface area contributed by atoms with E-state index in [2.05, 4.69) is 4.98 Å². The van der Waals surface area contributed by atoms with Gasteiger partial charge in [-0.1, -0.05) is 6.92 Å². The van der Waals surface area contributed by atoms with E-state index in [-0.39, 0.29) is 16.8 Å². The molecule has 1 saturated carbocycles. The summed E-state index contributed by atoms with van der Waals surface area (Å²) in [5.41, 5.74) is 5.45. The first-order chi connectivity index (χ1) is 9.51. The highest BCUT2D eigenvalue weighted by Gasteiger charge is 2.34. The molecule has 6 nitrogen and oxygen atoms in total. The molecule has 2 fully saturated rings. The Balaban J connectivity index is 1.80. The van der Waals surface area contributed by atoms with Crippen LogP contribution in [0.3, 0.4) is 0 Å². The van der Waals surface area contributed by atoms with Gasteiger partial charge >= 0.3 is 0 Å². The molecule has 20 heavy (non-hydrogen) atoms. The van der Waals surface area contributed by atoms with Gasteiger partial charge < -0.3 is 15.2 Å². The molecule has 0 radical (unpaired) electrons. The van der Waals surface area contributed by atoms with Crippen LogP contribution in [0.4, 0.5) is 5.82 Å². The van der Waals surface area contributed by atoms with E-state index in [0.29, 0.717) is 11.9 Å². The third-order valence-corrected chi connectivity index (χ3v) is 4.61. The Morgan fingerprint density at radius 2 is 2.10 bits per heavy atom. The van der Waals surface area contributed by atoms with E-state index in [1.165, 1.54) is 0 Å². The van der Waals surface area contributed by atoms with Crippen LogP contribution in [0.2, 0.25) is 0 Å². The highest BCUT2D eigenvalue weighted by molar-refractivity contribution is 5.83. The minimum absolute atomic E-state index is 0.0152. The van der Waals surface area contributed by atoms with Gasteiger partial charge in [0.15, 0.2) is 5.82 Å². The maximum Gasteiger partial charge on any atom is 0.293 e. The SMILES string of the molecule is CC1(C(=N)N)CCN(c2nccn(C3CC3)c2=O)CC1. The second kappa shape index (κ2) is 4.61. The van der Waals surface area contributed by atoms with Crippen molar-refractivity contribution < 1.29 is 0 Å². The second-order valence-electron chi connectivity index (χ2n) is 6.16. The number of hydrogen-bond donors (Lipinski definition) is 2. The van der Waals surface area contributed by atoms with Crippen LogP contribution in [0, 0.1) is 10.8 Å². The lowest BCUT2D eigenvalue weighted by Gasteiger charge is -2.38. The molecule has 3 rings (SSSR count). The summed E-state index contributed by atoms with van der Waals surface area (Å²) in [6.07, 6.45) is 7.27. The van der Waals surface area contributed by atoms with E-state index in [1.54, 1.807) is 17.0 Å². The van der Waals surface area contributed by atoms with E-state index in [1.807, 2.05) is 11.8 Å². The van der Waals surface area contributed by atoms with Crippen molar-refractivity contribution in [1.82, 2.24) is 9.55 Å². The lowest BCUT2D eigenvalue weighted by Crippen LogP contribution is -2.47. The molecule has 0 bridgehead atoms. The van der Waals surface area contributed by atoms with Crippen molar-refractivity contribution in [2.45, 2.75) is 38.6 Å². The molecule has 2 aliphatic rings. The van der Waals surface area contributed by atoms with Crippen molar-refractivity contribution in [3.63, 3.8) is 0 Å². The zero-order valence-electron chi connectivity index (χ0n) is 11.8. The highest BCUT2D eigenvalue weighted by Crippen LogP contribution is 2.34. The van der Waals surface area contributed by atoms with Crippen LogP contribution in [0.5, 0.6) is 0 Å². The van der Waals surface area contributed by atoms with Crippen LogP contribution in [0.25, 0.3) is 0 Å². The molecule has 0 amide bonds. The molecule has 1 saturated heterocycles. The van der Waals surface area contributed by atoms with Gasteiger partial charge in [0, 0.05) is 36.9 Å². The number of anilines is 1. The summed E-state index contributed by atoms with van der Waals surface area (Å²) in [4.78, 5) is 18.7. The Hall–Kier alpha value is -1.85. The Bertz CT molecular complexity index is 581.